The molecule has 1 aromatic heterocycles. The summed E-state index contributed by atoms with van der Waals surface area (Å²) in [6.45, 7) is 5.48. The van der Waals surface area contributed by atoms with Crippen molar-refractivity contribution in [1.29, 1.82) is 0 Å². The largest absolute Gasteiger partial charge is 0.314 e. The van der Waals surface area contributed by atoms with Gasteiger partial charge in [-0.2, -0.15) is 11.8 Å². The van der Waals surface area contributed by atoms with Crippen LogP contribution in [0.3, 0.4) is 0 Å². The van der Waals surface area contributed by atoms with Crippen LogP contribution < -0.4 is 5.32 Å². The minimum Gasteiger partial charge on any atom is -0.314 e. The highest BCUT2D eigenvalue weighted by molar-refractivity contribution is 7.99. The van der Waals surface area contributed by atoms with Crippen LogP contribution in [0.5, 0.6) is 0 Å². The first kappa shape index (κ1) is 15.3. The third-order valence-electron chi connectivity index (χ3n) is 3.76. The molecule has 0 radical (unpaired) electrons. The number of thioether (sulfide) groups is 1. The van der Waals surface area contributed by atoms with Gasteiger partial charge in [0.05, 0.1) is 10.7 Å². The average Bonchev–Trinajstić information content (AvgIpc) is 2.82. The molecule has 1 fully saturated rings. The Bertz CT molecular complexity index is 359. The van der Waals surface area contributed by atoms with Crippen LogP contribution in [0.2, 0.25) is 0 Å². The number of rotatable bonds is 7. The zero-order chi connectivity index (χ0) is 13.5. The van der Waals surface area contributed by atoms with Crippen molar-refractivity contribution in [2.24, 2.45) is 5.92 Å². The Morgan fingerprint density at radius 3 is 2.84 bits per heavy atom. The topological polar surface area (TPSA) is 24.9 Å². The Hall–Kier alpha value is -0.0600. The molecule has 0 aliphatic carbocycles. The fourth-order valence-corrected chi connectivity index (χ4v) is 4.56. The van der Waals surface area contributed by atoms with E-state index in [0.717, 1.165) is 18.9 Å². The van der Waals surface area contributed by atoms with Crippen LogP contribution >= 0.6 is 23.1 Å². The average molecular weight is 299 g/mol. The monoisotopic (exact) mass is 298 g/mol. The van der Waals surface area contributed by atoms with Gasteiger partial charge in [0, 0.05) is 17.8 Å². The van der Waals surface area contributed by atoms with E-state index in [0.29, 0.717) is 6.04 Å². The first-order chi connectivity index (χ1) is 9.28. The van der Waals surface area contributed by atoms with Crippen LogP contribution in [-0.2, 0) is 6.42 Å². The lowest BCUT2D eigenvalue weighted by atomic mass is 9.92. The van der Waals surface area contributed by atoms with E-state index in [1.807, 2.05) is 0 Å². The van der Waals surface area contributed by atoms with Gasteiger partial charge in [0.2, 0.25) is 0 Å². The second kappa shape index (κ2) is 8.28. The van der Waals surface area contributed by atoms with Gasteiger partial charge >= 0.3 is 0 Å². The number of thiazole rings is 1. The molecule has 1 N–H and O–H groups in total. The van der Waals surface area contributed by atoms with Crippen molar-refractivity contribution in [3.05, 3.63) is 16.1 Å². The highest BCUT2D eigenvalue weighted by Gasteiger charge is 2.19. The molecule has 1 saturated heterocycles. The third-order valence-corrected chi connectivity index (χ3v) is 5.63. The molecule has 0 amide bonds. The number of hydrogen-bond acceptors (Lipinski definition) is 4. The predicted octanol–water partition coefficient (Wildman–Crippen LogP) is 3.90. The van der Waals surface area contributed by atoms with Crippen molar-refractivity contribution in [2.45, 2.75) is 52.0 Å². The van der Waals surface area contributed by atoms with E-state index in [2.05, 4.69) is 41.3 Å². The first-order valence-corrected chi connectivity index (χ1v) is 9.53. The highest BCUT2D eigenvalue weighted by Crippen LogP contribution is 2.27. The molecule has 1 aliphatic heterocycles. The maximum atomic E-state index is 4.63. The Morgan fingerprint density at radius 1 is 1.42 bits per heavy atom. The molecule has 2 nitrogen and oxygen atoms in total. The second-order valence-corrected chi connectivity index (χ2v) is 7.79. The summed E-state index contributed by atoms with van der Waals surface area (Å²) in [4.78, 5) is 4.63. The van der Waals surface area contributed by atoms with Crippen LogP contribution in [0.4, 0.5) is 0 Å². The molecule has 1 atom stereocenters. The molecular weight excluding hydrogens is 272 g/mol. The summed E-state index contributed by atoms with van der Waals surface area (Å²) in [5.74, 6) is 3.65. The van der Waals surface area contributed by atoms with E-state index in [1.165, 1.54) is 47.9 Å². The lowest BCUT2D eigenvalue weighted by Crippen LogP contribution is -2.34. The predicted molar refractivity (Wildman–Crippen MR) is 87.3 cm³/mol. The molecule has 0 saturated carbocycles. The molecule has 1 unspecified atom stereocenters. The Kier molecular flexibility index (Phi) is 6.68. The Balaban J connectivity index is 1.86. The minimum absolute atomic E-state index is 0.620. The molecule has 1 aromatic rings. The molecule has 4 heteroatoms. The summed E-state index contributed by atoms with van der Waals surface area (Å²) in [6.07, 6.45) is 6.47. The number of aromatic nitrogens is 1. The number of nitrogens with zero attached hydrogens (tertiary/aromatic N) is 1. The second-order valence-electron chi connectivity index (χ2n) is 5.50. The lowest BCUT2D eigenvalue weighted by Gasteiger charge is -2.26. The van der Waals surface area contributed by atoms with Crippen molar-refractivity contribution in [3.63, 3.8) is 0 Å². The van der Waals surface area contributed by atoms with Crippen LogP contribution in [0.15, 0.2) is 5.38 Å². The van der Waals surface area contributed by atoms with Gasteiger partial charge in [-0.3, -0.25) is 0 Å². The van der Waals surface area contributed by atoms with Crippen molar-refractivity contribution in [1.82, 2.24) is 10.3 Å². The zero-order valence-corrected chi connectivity index (χ0v) is 13.8. The summed E-state index contributed by atoms with van der Waals surface area (Å²) >= 11 is 3.89. The lowest BCUT2D eigenvalue weighted by molar-refractivity contribution is 0.361. The smallest absolute Gasteiger partial charge is 0.0897 e. The van der Waals surface area contributed by atoms with E-state index in [-0.39, 0.29) is 0 Å². The van der Waals surface area contributed by atoms with Gasteiger partial charge in [0.25, 0.3) is 0 Å². The van der Waals surface area contributed by atoms with E-state index in [4.69, 9.17) is 0 Å². The van der Waals surface area contributed by atoms with Crippen molar-refractivity contribution in [2.75, 3.05) is 18.1 Å². The first-order valence-electron chi connectivity index (χ1n) is 7.50. The van der Waals surface area contributed by atoms with Crippen LogP contribution in [0.1, 0.15) is 43.3 Å². The van der Waals surface area contributed by atoms with E-state index in [9.17, 15) is 0 Å². The Labute approximate surface area is 125 Å². The number of nitrogens with one attached hydrogen (secondary N) is 1. The summed E-state index contributed by atoms with van der Waals surface area (Å²) in [6, 6.07) is 0.620. The number of hydrogen-bond donors (Lipinski definition) is 1. The summed E-state index contributed by atoms with van der Waals surface area (Å²) in [7, 11) is 0. The van der Waals surface area contributed by atoms with E-state index >= 15 is 0 Å². The van der Waals surface area contributed by atoms with Crippen LogP contribution in [0.25, 0.3) is 0 Å². The van der Waals surface area contributed by atoms with E-state index < -0.39 is 0 Å². The maximum absolute atomic E-state index is 4.63. The SMILES string of the molecule is CCCNC(Cc1csc(C)n1)CC1CCSCC1. The standard InChI is InChI=1S/C15H26N2S2/c1-3-6-16-14(9-13-4-7-18-8-5-13)10-15-11-19-12(2)17-15/h11,13-14,16H,3-10H2,1-2H3. The minimum atomic E-state index is 0.620. The molecular formula is C15H26N2S2. The van der Waals surface area contributed by atoms with Gasteiger partial charge in [0.15, 0.2) is 0 Å². The molecule has 0 spiro atoms. The van der Waals surface area contributed by atoms with Gasteiger partial charge in [-0.15, -0.1) is 11.3 Å². The summed E-state index contributed by atoms with van der Waals surface area (Å²) in [5, 5.41) is 7.15. The molecule has 19 heavy (non-hydrogen) atoms. The van der Waals surface area contributed by atoms with Gasteiger partial charge < -0.3 is 5.32 Å². The quantitative estimate of drug-likeness (QED) is 0.826. The van der Waals surface area contributed by atoms with E-state index in [1.54, 1.807) is 11.3 Å². The molecule has 0 bridgehead atoms. The summed E-state index contributed by atoms with van der Waals surface area (Å²) in [5.41, 5.74) is 1.28. The third kappa shape index (κ3) is 5.44. The van der Waals surface area contributed by atoms with Crippen molar-refractivity contribution < 1.29 is 0 Å². The summed E-state index contributed by atoms with van der Waals surface area (Å²) < 4.78 is 0. The number of aryl methyl sites for hydroxylation is 1. The van der Waals surface area contributed by atoms with Crippen LogP contribution in [0, 0.1) is 12.8 Å². The van der Waals surface area contributed by atoms with Gasteiger partial charge in [-0.1, -0.05) is 6.92 Å². The van der Waals surface area contributed by atoms with Gasteiger partial charge in [-0.05, 0) is 56.6 Å². The van der Waals surface area contributed by atoms with Gasteiger partial charge in [0.1, 0.15) is 0 Å². The zero-order valence-electron chi connectivity index (χ0n) is 12.2. The van der Waals surface area contributed by atoms with Crippen LogP contribution in [-0.4, -0.2) is 29.1 Å². The Morgan fingerprint density at radius 2 is 2.21 bits per heavy atom. The normalized spacial score (nSPS) is 18.6. The fourth-order valence-electron chi connectivity index (χ4n) is 2.73. The van der Waals surface area contributed by atoms with Crippen molar-refractivity contribution in [3.8, 4) is 0 Å². The molecule has 108 valence electrons. The molecule has 2 rings (SSSR count). The maximum Gasteiger partial charge on any atom is 0.0897 e. The molecule has 2 heterocycles. The van der Waals surface area contributed by atoms with Gasteiger partial charge in [-0.25, -0.2) is 4.98 Å². The van der Waals surface area contributed by atoms with Crippen molar-refractivity contribution >= 4 is 23.1 Å². The molecule has 1 aliphatic rings. The fraction of sp³-hybridized carbons (Fsp3) is 0.800. The highest BCUT2D eigenvalue weighted by atomic mass is 32.2. The molecule has 0 aromatic carbocycles.